The minimum Gasteiger partial charge on any atom is -0.358 e. The maximum absolute atomic E-state index is 14.7. The van der Waals surface area contributed by atoms with Gasteiger partial charge < -0.3 is 15.2 Å². The summed E-state index contributed by atoms with van der Waals surface area (Å²) in [7, 11) is 0. The molecule has 0 saturated heterocycles. The van der Waals surface area contributed by atoms with E-state index in [1.807, 2.05) is 30.3 Å². The SMILES string of the molecule is O=C(Cc1ccc(-c2cnc(Nc3ccccc3)nc2)cc1F)Nc1cc(C2(C(F)(F)F)CC2)on1. The van der Waals surface area contributed by atoms with Crippen molar-refractivity contribution < 1.29 is 26.9 Å². The highest BCUT2D eigenvalue weighted by atomic mass is 19.4. The van der Waals surface area contributed by atoms with Gasteiger partial charge in [0.15, 0.2) is 11.6 Å². The van der Waals surface area contributed by atoms with Gasteiger partial charge in [-0.15, -0.1) is 0 Å². The van der Waals surface area contributed by atoms with E-state index in [2.05, 4.69) is 25.8 Å². The van der Waals surface area contributed by atoms with Crippen LogP contribution >= 0.6 is 0 Å². The number of rotatable bonds is 7. The highest BCUT2D eigenvalue weighted by molar-refractivity contribution is 5.91. The number of carbonyl (C=O) groups is 1. The molecule has 1 aliphatic rings. The summed E-state index contributed by atoms with van der Waals surface area (Å²) in [4.78, 5) is 20.8. The van der Waals surface area contributed by atoms with E-state index in [0.29, 0.717) is 17.1 Å². The van der Waals surface area contributed by atoms with Gasteiger partial charge in [0, 0.05) is 29.7 Å². The predicted octanol–water partition coefficient (Wildman–Crippen LogP) is 5.79. The zero-order chi connectivity index (χ0) is 25.3. The lowest BCUT2D eigenvalue weighted by Gasteiger charge is -2.14. The Hall–Kier alpha value is -4.28. The number of aromatic nitrogens is 3. The number of hydrogen-bond donors (Lipinski definition) is 2. The minimum atomic E-state index is -4.46. The molecule has 1 aliphatic carbocycles. The summed E-state index contributed by atoms with van der Waals surface area (Å²) in [6.45, 7) is 0. The molecule has 2 N–H and O–H groups in total. The molecule has 0 unspecified atom stereocenters. The monoisotopic (exact) mass is 497 g/mol. The van der Waals surface area contributed by atoms with E-state index in [1.165, 1.54) is 12.1 Å². The van der Waals surface area contributed by atoms with E-state index in [9.17, 15) is 22.4 Å². The molecule has 184 valence electrons. The number of carbonyl (C=O) groups excluding carboxylic acids is 1. The van der Waals surface area contributed by atoms with E-state index in [4.69, 9.17) is 4.52 Å². The molecule has 11 heteroatoms. The summed E-state index contributed by atoms with van der Waals surface area (Å²) >= 11 is 0. The summed E-state index contributed by atoms with van der Waals surface area (Å²) in [5.74, 6) is -1.36. The van der Waals surface area contributed by atoms with E-state index in [-0.39, 0.29) is 36.4 Å². The van der Waals surface area contributed by atoms with Gasteiger partial charge in [-0.3, -0.25) is 4.79 Å². The second-order valence-corrected chi connectivity index (χ2v) is 8.47. The Morgan fingerprint density at radius 3 is 2.36 bits per heavy atom. The van der Waals surface area contributed by atoms with Gasteiger partial charge in [0.05, 0.1) is 6.42 Å². The summed E-state index contributed by atoms with van der Waals surface area (Å²) in [6, 6.07) is 14.8. The fourth-order valence-corrected chi connectivity index (χ4v) is 3.78. The fraction of sp³-hybridized carbons (Fsp3) is 0.200. The molecule has 2 aromatic carbocycles. The number of nitrogens with zero attached hydrogens (tertiary/aromatic N) is 3. The number of para-hydroxylation sites is 1. The summed E-state index contributed by atoms with van der Waals surface area (Å²) < 4.78 is 59.2. The molecule has 0 spiro atoms. The van der Waals surface area contributed by atoms with E-state index >= 15 is 0 Å². The molecule has 2 aromatic heterocycles. The second-order valence-electron chi connectivity index (χ2n) is 8.47. The van der Waals surface area contributed by atoms with Crippen molar-refractivity contribution in [1.29, 1.82) is 0 Å². The zero-order valence-electron chi connectivity index (χ0n) is 18.6. The third kappa shape index (κ3) is 4.77. The predicted molar refractivity (Wildman–Crippen MR) is 123 cm³/mol. The van der Waals surface area contributed by atoms with Gasteiger partial charge in [0.1, 0.15) is 11.2 Å². The molecule has 1 fully saturated rings. The van der Waals surface area contributed by atoms with Crippen LogP contribution in [0.5, 0.6) is 0 Å². The number of benzene rings is 2. The molecule has 1 amide bonds. The molecule has 36 heavy (non-hydrogen) atoms. The first-order chi connectivity index (χ1) is 17.2. The number of halogens is 4. The number of hydrogen-bond acceptors (Lipinski definition) is 6. The van der Waals surface area contributed by atoms with Crippen LogP contribution in [0.25, 0.3) is 11.1 Å². The second kappa shape index (κ2) is 9.06. The lowest BCUT2D eigenvalue weighted by atomic mass is 10.0. The Morgan fingerprint density at radius 1 is 1.00 bits per heavy atom. The molecular formula is C25H19F4N5O2. The number of anilines is 3. The van der Waals surface area contributed by atoms with Crippen LogP contribution in [-0.2, 0) is 16.6 Å². The lowest BCUT2D eigenvalue weighted by molar-refractivity contribution is -0.165. The molecule has 0 atom stereocenters. The van der Waals surface area contributed by atoms with Gasteiger partial charge in [-0.25, -0.2) is 14.4 Å². The van der Waals surface area contributed by atoms with Crippen molar-refractivity contribution in [3.8, 4) is 11.1 Å². The van der Waals surface area contributed by atoms with Crippen molar-refractivity contribution >= 4 is 23.4 Å². The smallest absolute Gasteiger partial charge is 0.358 e. The van der Waals surface area contributed by atoms with Crippen molar-refractivity contribution in [1.82, 2.24) is 15.1 Å². The van der Waals surface area contributed by atoms with Crippen molar-refractivity contribution in [2.24, 2.45) is 0 Å². The Morgan fingerprint density at radius 2 is 1.72 bits per heavy atom. The van der Waals surface area contributed by atoms with Gasteiger partial charge >= 0.3 is 6.18 Å². The minimum absolute atomic E-state index is 0.0893. The molecule has 1 saturated carbocycles. The molecule has 4 aromatic rings. The van der Waals surface area contributed by atoms with Gasteiger partial charge in [0.25, 0.3) is 0 Å². The van der Waals surface area contributed by atoms with Crippen molar-refractivity contribution in [2.75, 3.05) is 10.6 Å². The van der Waals surface area contributed by atoms with Crippen LogP contribution in [0.2, 0.25) is 0 Å². The first kappa shape index (κ1) is 23.5. The third-order valence-corrected chi connectivity index (χ3v) is 5.96. The largest absolute Gasteiger partial charge is 0.401 e. The molecule has 0 aliphatic heterocycles. The maximum atomic E-state index is 14.7. The molecule has 0 radical (unpaired) electrons. The first-order valence-corrected chi connectivity index (χ1v) is 11.0. The average Bonchev–Trinajstić information content (AvgIpc) is 3.55. The van der Waals surface area contributed by atoms with Crippen LogP contribution in [0.3, 0.4) is 0 Å². The Labute approximate surface area is 202 Å². The van der Waals surface area contributed by atoms with E-state index in [0.717, 1.165) is 11.8 Å². The molecule has 2 heterocycles. The number of amides is 1. The zero-order valence-corrected chi connectivity index (χ0v) is 18.6. The summed E-state index contributed by atoms with van der Waals surface area (Å²) in [6.07, 6.45) is -1.87. The number of alkyl halides is 3. The molecular weight excluding hydrogens is 478 g/mol. The highest BCUT2D eigenvalue weighted by Crippen LogP contribution is 2.59. The van der Waals surface area contributed by atoms with Crippen LogP contribution in [0, 0.1) is 5.82 Å². The van der Waals surface area contributed by atoms with Gasteiger partial charge in [-0.05, 0) is 42.2 Å². The Bertz CT molecular complexity index is 1380. The van der Waals surface area contributed by atoms with E-state index < -0.39 is 23.3 Å². The lowest BCUT2D eigenvalue weighted by Crippen LogP contribution is -2.28. The third-order valence-electron chi connectivity index (χ3n) is 5.96. The Kier molecular flexibility index (Phi) is 5.91. The van der Waals surface area contributed by atoms with Gasteiger partial charge in [-0.2, -0.15) is 13.2 Å². The molecule has 7 nitrogen and oxygen atoms in total. The highest BCUT2D eigenvalue weighted by Gasteiger charge is 2.66. The quantitative estimate of drug-likeness (QED) is 0.314. The molecule has 0 bridgehead atoms. The van der Waals surface area contributed by atoms with Crippen LogP contribution in [0.1, 0.15) is 24.2 Å². The Balaban J connectivity index is 1.22. The van der Waals surface area contributed by atoms with Gasteiger partial charge in [-0.1, -0.05) is 35.5 Å². The topological polar surface area (TPSA) is 92.9 Å². The van der Waals surface area contributed by atoms with Crippen LogP contribution in [0.4, 0.5) is 35.0 Å². The van der Waals surface area contributed by atoms with Crippen LogP contribution in [-0.4, -0.2) is 27.2 Å². The maximum Gasteiger partial charge on any atom is 0.401 e. The fourth-order valence-electron chi connectivity index (χ4n) is 3.78. The van der Waals surface area contributed by atoms with Crippen LogP contribution < -0.4 is 10.6 Å². The van der Waals surface area contributed by atoms with Crippen LogP contribution in [0.15, 0.2) is 71.5 Å². The van der Waals surface area contributed by atoms with Gasteiger partial charge in [0.2, 0.25) is 11.9 Å². The number of nitrogens with one attached hydrogen (secondary N) is 2. The van der Waals surface area contributed by atoms with E-state index in [1.54, 1.807) is 18.5 Å². The normalized spacial score (nSPS) is 14.3. The van der Waals surface area contributed by atoms with Crippen molar-refractivity contribution in [3.63, 3.8) is 0 Å². The average molecular weight is 497 g/mol. The first-order valence-electron chi connectivity index (χ1n) is 11.0. The summed E-state index contributed by atoms with van der Waals surface area (Å²) in [5.41, 5.74) is -0.00150. The molecule has 5 rings (SSSR count). The van der Waals surface area contributed by atoms with Crippen molar-refractivity contribution in [3.05, 3.63) is 84.1 Å². The standard InChI is InChI=1S/C25H19F4N5O2/c26-19-10-15(17-13-30-23(31-14-17)32-18-4-2-1-3-5-18)6-7-16(19)11-22(35)33-21-12-20(36-34-21)24(8-9-24)25(27,28)29/h1-7,10,12-14H,8-9,11H2,(H,30,31,32)(H,33,34,35). The summed E-state index contributed by atoms with van der Waals surface area (Å²) in [5, 5.41) is 8.92. The van der Waals surface area contributed by atoms with Crippen molar-refractivity contribution in [2.45, 2.75) is 30.9 Å².